The fourth-order valence-electron chi connectivity index (χ4n) is 3.86. The first-order chi connectivity index (χ1) is 10.4. The zero-order valence-corrected chi connectivity index (χ0v) is 13.1. The topological polar surface area (TPSA) is 115 Å². The molecule has 2 aliphatic rings. The van der Waals surface area contributed by atoms with E-state index in [4.69, 9.17) is 10.9 Å². The van der Waals surface area contributed by atoms with Gasteiger partial charge in [0.05, 0.1) is 10.8 Å². The molecular weight excluding hydrogens is 302 g/mol. The minimum Gasteiger partial charge on any atom is -0.352 e. The van der Waals surface area contributed by atoms with Gasteiger partial charge in [0.25, 0.3) is 0 Å². The van der Waals surface area contributed by atoms with Gasteiger partial charge in [-0.15, -0.1) is 0 Å². The Balaban J connectivity index is 1.64. The van der Waals surface area contributed by atoms with Crippen LogP contribution in [0.2, 0.25) is 0 Å². The van der Waals surface area contributed by atoms with Crippen molar-refractivity contribution >= 4 is 15.9 Å². The Labute approximate surface area is 130 Å². The lowest BCUT2D eigenvalue weighted by Crippen LogP contribution is -2.45. The van der Waals surface area contributed by atoms with Crippen molar-refractivity contribution in [3.8, 4) is 0 Å². The molecule has 22 heavy (non-hydrogen) atoms. The summed E-state index contributed by atoms with van der Waals surface area (Å²) < 4.78 is 22.7. The van der Waals surface area contributed by atoms with E-state index in [1.807, 2.05) is 0 Å². The van der Waals surface area contributed by atoms with Crippen LogP contribution in [0.3, 0.4) is 0 Å². The Morgan fingerprint density at radius 1 is 1.27 bits per heavy atom. The number of benzene rings is 1. The van der Waals surface area contributed by atoms with Gasteiger partial charge in [-0.05, 0) is 48.8 Å². The highest BCUT2D eigenvalue weighted by Gasteiger charge is 2.48. The summed E-state index contributed by atoms with van der Waals surface area (Å²) in [7, 11) is -3.73. The van der Waals surface area contributed by atoms with Gasteiger partial charge in [-0.1, -0.05) is 12.1 Å². The first-order valence-corrected chi connectivity index (χ1v) is 9.06. The third kappa shape index (κ3) is 2.88. The maximum atomic E-state index is 12.4. The average molecular weight is 323 g/mol. The lowest BCUT2D eigenvalue weighted by molar-refractivity contribution is -0.127. The number of nitrogens with two attached hydrogens (primary N) is 2. The Hall–Kier alpha value is -1.44. The molecule has 1 aromatic rings. The fraction of sp³-hybridized carbons (Fsp3) is 0.533. The number of hydrogen-bond acceptors (Lipinski definition) is 4. The molecule has 4 atom stereocenters. The van der Waals surface area contributed by atoms with Gasteiger partial charge in [0, 0.05) is 12.6 Å². The van der Waals surface area contributed by atoms with E-state index in [9.17, 15) is 13.2 Å². The van der Waals surface area contributed by atoms with Crippen molar-refractivity contribution in [1.82, 2.24) is 5.32 Å². The molecule has 5 N–H and O–H groups in total. The van der Waals surface area contributed by atoms with E-state index in [1.54, 1.807) is 12.1 Å². The van der Waals surface area contributed by atoms with Gasteiger partial charge in [0.15, 0.2) is 0 Å². The van der Waals surface area contributed by atoms with Crippen molar-refractivity contribution in [3.05, 3.63) is 29.8 Å². The van der Waals surface area contributed by atoms with E-state index in [1.165, 1.54) is 12.1 Å². The predicted molar refractivity (Wildman–Crippen MR) is 82.0 cm³/mol. The van der Waals surface area contributed by atoms with Crippen LogP contribution in [0.4, 0.5) is 0 Å². The zero-order valence-electron chi connectivity index (χ0n) is 12.2. The van der Waals surface area contributed by atoms with Gasteiger partial charge in [-0.25, -0.2) is 13.6 Å². The third-order valence-corrected chi connectivity index (χ3v) is 5.89. The molecule has 3 rings (SSSR count). The number of sulfonamides is 1. The number of hydrogen-bond donors (Lipinski definition) is 3. The maximum absolute atomic E-state index is 12.4. The summed E-state index contributed by atoms with van der Waals surface area (Å²) in [4.78, 5) is 12.4. The van der Waals surface area contributed by atoms with Crippen molar-refractivity contribution in [2.45, 2.75) is 36.7 Å². The van der Waals surface area contributed by atoms with Gasteiger partial charge < -0.3 is 11.1 Å². The van der Waals surface area contributed by atoms with E-state index in [-0.39, 0.29) is 29.3 Å². The van der Waals surface area contributed by atoms with E-state index in [0.717, 1.165) is 19.3 Å². The van der Waals surface area contributed by atoms with Crippen molar-refractivity contribution < 1.29 is 13.2 Å². The second kappa shape index (κ2) is 5.64. The zero-order chi connectivity index (χ0) is 15.9. The summed E-state index contributed by atoms with van der Waals surface area (Å²) in [6.45, 7) is 0.281. The number of primary sulfonamides is 1. The van der Waals surface area contributed by atoms with Crippen LogP contribution < -0.4 is 16.2 Å². The van der Waals surface area contributed by atoms with Crippen LogP contribution in [-0.4, -0.2) is 20.4 Å². The molecule has 1 aromatic carbocycles. The Morgan fingerprint density at radius 2 is 2.00 bits per heavy atom. The molecule has 0 saturated heterocycles. The van der Waals surface area contributed by atoms with Crippen LogP contribution in [0.25, 0.3) is 0 Å². The first-order valence-electron chi connectivity index (χ1n) is 7.51. The number of nitrogens with one attached hydrogen (secondary N) is 1. The summed E-state index contributed by atoms with van der Waals surface area (Å²) in [6.07, 6.45) is 3.27. The molecule has 0 aromatic heterocycles. The van der Waals surface area contributed by atoms with Gasteiger partial charge >= 0.3 is 0 Å². The number of amides is 1. The number of carbonyl (C=O) groups excluding carboxylic acids is 1. The van der Waals surface area contributed by atoms with Gasteiger partial charge in [-0.2, -0.15) is 0 Å². The molecule has 0 spiro atoms. The molecule has 2 bridgehead atoms. The molecule has 120 valence electrons. The highest BCUT2D eigenvalue weighted by Crippen LogP contribution is 2.47. The first kappa shape index (κ1) is 15.5. The van der Waals surface area contributed by atoms with E-state index < -0.39 is 10.0 Å². The molecule has 0 radical (unpaired) electrons. The van der Waals surface area contributed by atoms with Crippen LogP contribution in [0.1, 0.15) is 24.8 Å². The summed E-state index contributed by atoms with van der Waals surface area (Å²) in [5, 5.41) is 7.99. The van der Waals surface area contributed by atoms with Crippen LogP contribution in [0.5, 0.6) is 0 Å². The summed E-state index contributed by atoms with van der Waals surface area (Å²) in [5.41, 5.74) is 6.86. The van der Waals surface area contributed by atoms with Gasteiger partial charge in [0.1, 0.15) is 0 Å². The van der Waals surface area contributed by atoms with Crippen molar-refractivity contribution in [3.63, 3.8) is 0 Å². The molecule has 0 heterocycles. The third-order valence-electron chi connectivity index (χ3n) is 4.98. The summed E-state index contributed by atoms with van der Waals surface area (Å²) >= 11 is 0. The highest BCUT2D eigenvalue weighted by atomic mass is 32.2. The smallest absolute Gasteiger partial charge is 0.238 e. The van der Waals surface area contributed by atoms with Gasteiger partial charge in [-0.3, -0.25) is 4.79 Å². The van der Waals surface area contributed by atoms with Crippen LogP contribution in [0, 0.1) is 17.8 Å². The second-order valence-corrected chi connectivity index (χ2v) is 7.91. The van der Waals surface area contributed by atoms with Crippen LogP contribution >= 0.6 is 0 Å². The molecule has 2 fully saturated rings. The molecule has 2 saturated carbocycles. The molecule has 7 heteroatoms. The molecule has 2 aliphatic carbocycles. The van der Waals surface area contributed by atoms with E-state index in [2.05, 4.69) is 5.32 Å². The van der Waals surface area contributed by atoms with Crippen LogP contribution in [-0.2, 0) is 21.4 Å². The monoisotopic (exact) mass is 323 g/mol. The average Bonchev–Trinajstić information content (AvgIpc) is 3.05. The number of rotatable bonds is 4. The van der Waals surface area contributed by atoms with Crippen molar-refractivity contribution in [2.24, 2.45) is 28.6 Å². The second-order valence-electron chi connectivity index (χ2n) is 6.35. The Bertz CT molecular complexity index is 687. The van der Waals surface area contributed by atoms with Crippen molar-refractivity contribution in [2.75, 3.05) is 0 Å². The summed E-state index contributed by atoms with van der Waals surface area (Å²) in [6, 6.07) is 6.25. The molecule has 0 aliphatic heterocycles. The number of carbonyl (C=O) groups is 1. The quantitative estimate of drug-likeness (QED) is 0.740. The molecular formula is C15H21N3O3S. The van der Waals surface area contributed by atoms with Crippen molar-refractivity contribution in [1.29, 1.82) is 0 Å². The minimum atomic E-state index is -3.73. The molecule has 4 unspecified atom stereocenters. The normalized spacial score (nSPS) is 30.5. The fourth-order valence-corrected chi connectivity index (χ4v) is 4.45. The Kier molecular flexibility index (Phi) is 3.96. The minimum absolute atomic E-state index is 0.0271. The van der Waals surface area contributed by atoms with E-state index >= 15 is 0 Å². The Morgan fingerprint density at radius 3 is 2.64 bits per heavy atom. The number of fused-ring (bicyclic) bond motifs is 2. The maximum Gasteiger partial charge on any atom is 0.238 e. The lowest BCUT2D eigenvalue weighted by Gasteiger charge is -2.27. The predicted octanol–water partition coefficient (Wildman–Crippen LogP) is 0.324. The lowest BCUT2D eigenvalue weighted by atomic mass is 9.84. The standard InChI is InChI=1S/C15H21N3O3S/c16-14-11-5-4-10(7-11)13(14)15(19)18-8-9-2-1-3-12(6-9)22(17,20)21/h1-3,6,10-11,13-14H,4-5,7-8,16H2,(H,18,19)(H2,17,20,21). The molecule has 1 amide bonds. The highest BCUT2D eigenvalue weighted by molar-refractivity contribution is 7.89. The SMILES string of the molecule is NC1C2CCC(C2)C1C(=O)NCc1cccc(S(N)(=O)=O)c1. The molecule has 6 nitrogen and oxygen atoms in total. The largest absolute Gasteiger partial charge is 0.352 e. The van der Waals surface area contributed by atoms with E-state index in [0.29, 0.717) is 17.4 Å². The van der Waals surface area contributed by atoms with Crippen LogP contribution in [0.15, 0.2) is 29.2 Å². The van der Waals surface area contributed by atoms with Gasteiger partial charge in [0.2, 0.25) is 15.9 Å². The summed E-state index contributed by atoms with van der Waals surface area (Å²) in [5.74, 6) is 0.739.